The monoisotopic (exact) mass is 423 g/mol. The normalized spacial score (nSPS) is 10.5. The molecule has 0 aliphatic heterocycles. The number of nitrogens with zero attached hydrogens (tertiary/aromatic N) is 2. The number of Topliss-reactive ketones (excluding diaryl/α,β-unsaturated/α-hetero) is 1. The Kier molecular flexibility index (Phi) is 7.39. The molecule has 1 heterocycles. The average Bonchev–Trinajstić information content (AvgIpc) is 2.59. The molecule has 2 aromatic rings. The third-order valence-electron chi connectivity index (χ3n) is 3.24. The van der Waals surface area contributed by atoms with E-state index >= 15 is 0 Å². The molecule has 0 atom stereocenters. The van der Waals surface area contributed by atoms with Crippen LogP contribution in [0.2, 0.25) is 0 Å². The van der Waals surface area contributed by atoms with Crippen LogP contribution in [0.4, 0.5) is 5.82 Å². The number of ketones is 1. The molecule has 0 aliphatic carbocycles. The van der Waals surface area contributed by atoms with E-state index < -0.39 is 5.97 Å². The Bertz CT molecular complexity index is 753. The molecule has 0 saturated heterocycles. The third-order valence-corrected chi connectivity index (χ3v) is 4.71. The molecule has 132 valence electrons. The topological polar surface area (TPSA) is 95.2 Å². The molecule has 0 radical (unpaired) electrons. The van der Waals surface area contributed by atoms with Crippen LogP contribution in [0.15, 0.2) is 40.1 Å². The Morgan fingerprint density at radius 3 is 2.64 bits per heavy atom. The SMILES string of the molecule is CCOC(=O)c1cnc(SCCCC(=O)c2ccc(Br)cc2)nc1N. The molecule has 6 nitrogen and oxygen atoms in total. The summed E-state index contributed by atoms with van der Waals surface area (Å²) >= 11 is 4.74. The second-order valence-corrected chi connectivity index (χ2v) is 7.03. The van der Waals surface area contributed by atoms with Crippen LogP contribution < -0.4 is 5.73 Å². The molecule has 0 saturated carbocycles. The number of nitrogen functional groups attached to an aromatic ring is 1. The van der Waals surface area contributed by atoms with Gasteiger partial charge in [0.2, 0.25) is 0 Å². The molecule has 0 spiro atoms. The number of halogens is 1. The van der Waals surface area contributed by atoms with Gasteiger partial charge in [-0.1, -0.05) is 39.8 Å². The van der Waals surface area contributed by atoms with E-state index in [1.54, 1.807) is 19.1 Å². The van der Waals surface area contributed by atoms with E-state index in [-0.39, 0.29) is 23.8 Å². The Morgan fingerprint density at radius 1 is 1.28 bits per heavy atom. The minimum absolute atomic E-state index is 0.0990. The summed E-state index contributed by atoms with van der Waals surface area (Å²) in [5, 5.41) is 0.474. The molecular weight excluding hydrogens is 406 g/mol. The lowest BCUT2D eigenvalue weighted by atomic mass is 10.1. The summed E-state index contributed by atoms with van der Waals surface area (Å²) < 4.78 is 5.82. The average molecular weight is 424 g/mol. The van der Waals surface area contributed by atoms with Gasteiger partial charge in [0.25, 0.3) is 0 Å². The number of carbonyl (C=O) groups is 2. The number of aromatic nitrogens is 2. The molecular formula is C17H18BrN3O3S. The molecule has 0 amide bonds. The van der Waals surface area contributed by atoms with Crippen molar-refractivity contribution in [3.63, 3.8) is 0 Å². The van der Waals surface area contributed by atoms with Gasteiger partial charge in [-0.25, -0.2) is 14.8 Å². The highest BCUT2D eigenvalue weighted by Gasteiger charge is 2.14. The second kappa shape index (κ2) is 9.53. The Balaban J connectivity index is 1.81. The Hall–Kier alpha value is -1.93. The number of nitrogens with two attached hydrogens (primary N) is 1. The van der Waals surface area contributed by atoms with Gasteiger partial charge in [0.05, 0.1) is 6.61 Å². The van der Waals surface area contributed by atoms with E-state index in [0.29, 0.717) is 29.3 Å². The van der Waals surface area contributed by atoms with E-state index in [9.17, 15) is 9.59 Å². The number of ether oxygens (including phenoxy) is 1. The van der Waals surface area contributed by atoms with Crippen LogP contribution in [-0.4, -0.2) is 34.1 Å². The summed E-state index contributed by atoms with van der Waals surface area (Å²) in [7, 11) is 0. The maximum Gasteiger partial charge on any atom is 0.343 e. The van der Waals surface area contributed by atoms with Gasteiger partial charge in [0, 0.05) is 28.4 Å². The first-order valence-corrected chi connectivity index (χ1v) is 9.50. The lowest BCUT2D eigenvalue weighted by molar-refractivity contribution is 0.0526. The zero-order valence-corrected chi connectivity index (χ0v) is 16.1. The minimum Gasteiger partial charge on any atom is -0.462 e. The van der Waals surface area contributed by atoms with Crippen LogP contribution in [0, 0.1) is 0 Å². The predicted molar refractivity (Wildman–Crippen MR) is 101 cm³/mol. The molecule has 0 unspecified atom stereocenters. The fourth-order valence-electron chi connectivity index (χ4n) is 1.99. The maximum atomic E-state index is 12.1. The van der Waals surface area contributed by atoms with Crippen molar-refractivity contribution in [1.82, 2.24) is 9.97 Å². The van der Waals surface area contributed by atoms with Crippen molar-refractivity contribution in [1.29, 1.82) is 0 Å². The van der Waals surface area contributed by atoms with Crippen molar-refractivity contribution >= 4 is 45.3 Å². The lowest BCUT2D eigenvalue weighted by Crippen LogP contribution is -2.10. The van der Waals surface area contributed by atoms with E-state index in [4.69, 9.17) is 10.5 Å². The first kappa shape index (κ1) is 19.4. The van der Waals surface area contributed by atoms with E-state index in [1.807, 2.05) is 12.1 Å². The number of thioether (sulfide) groups is 1. The number of esters is 1. The first-order chi connectivity index (χ1) is 12.0. The maximum absolute atomic E-state index is 12.1. The standard InChI is InChI=1S/C17H18BrN3O3S/c1-2-24-16(23)13-10-20-17(21-15(13)19)25-9-3-4-14(22)11-5-7-12(18)8-6-11/h5-8,10H,2-4,9H2,1H3,(H2,19,20,21). The molecule has 2 N–H and O–H groups in total. The summed E-state index contributed by atoms with van der Waals surface area (Å²) in [6.07, 6.45) is 2.52. The zero-order valence-electron chi connectivity index (χ0n) is 13.7. The number of rotatable bonds is 8. The minimum atomic E-state index is -0.531. The van der Waals surface area contributed by atoms with Gasteiger partial charge in [-0.05, 0) is 25.5 Å². The summed E-state index contributed by atoms with van der Waals surface area (Å²) in [6, 6.07) is 7.31. The number of hydrogen-bond acceptors (Lipinski definition) is 7. The van der Waals surface area contributed by atoms with Crippen LogP contribution in [0.3, 0.4) is 0 Å². The quantitative estimate of drug-likeness (QED) is 0.227. The highest BCUT2D eigenvalue weighted by Crippen LogP contribution is 2.19. The zero-order chi connectivity index (χ0) is 18.2. The number of benzene rings is 1. The number of anilines is 1. The molecule has 0 aliphatic rings. The molecule has 0 bridgehead atoms. The highest BCUT2D eigenvalue weighted by atomic mass is 79.9. The fourth-order valence-corrected chi connectivity index (χ4v) is 3.02. The van der Waals surface area contributed by atoms with Crippen molar-refractivity contribution < 1.29 is 14.3 Å². The van der Waals surface area contributed by atoms with Crippen LogP contribution >= 0.6 is 27.7 Å². The number of hydrogen-bond donors (Lipinski definition) is 1. The van der Waals surface area contributed by atoms with Gasteiger partial charge in [-0.2, -0.15) is 0 Å². The summed E-state index contributed by atoms with van der Waals surface area (Å²) in [4.78, 5) is 31.9. The van der Waals surface area contributed by atoms with Crippen molar-refractivity contribution in [2.24, 2.45) is 0 Å². The van der Waals surface area contributed by atoms with Crippen molar-refractivity contribution in [3.05, 3.63) is 46.1 Å². The Morgan fingerprint density at radius 2 is 2.00 bits per heavy atom. The predicted octanol–water partition coefficient (Wildman–Crippen LogP) is 3.75. The highest BCUT2D eigenvalue weighted by molar-refractivity contribution is 9.10. The first-order valence-electron chi connectivity index (χ1n) is 7.72. The van der Waals surface area contributed by atoms with Crippen molar-refractivity contribution in [2.45, 2.75) is 24.9 Å². The van der Waals surface area contributed by atoms with Gasteiger partial charge in [-0.15, -0.1) is 0 Å². The van der Waals surface area contributed by atoms with Gasteiger partial charge < -0.3 is 10.5 Å². The molecule has 0 fully saturated rings. The van der Waals surface area contributed by atoms with Gasteiger partial charge >= 0.3 is 5.97 Å². The lowest BCUT2D eigenvalue weighted by Gasteiger charge is -2.06. The smallest absolute Gasteiger partial charge is 0.343 e. The summed E-state index contributed by atoms with van der Waals surface area (Å²) in [5.41, 5.74) is 6.63. The van der Waals surface area contributed by atoms with E-state index in [2.05, 4.69) is 25.9 Å². The van der Waals surface area contributed by atoms with Crippen molar-refractivity contribution in [2.75, 3.05) is 18.1 Å². The van der Waals surface area contributed by atoms with Gasteiger partial charge in [0.15, 0.2) is 10.9 Å². The van der Waals surface area contributed by atoms with Crippen molar-refractivity contribution in [3.8, 4) is 0 Å². The van der Waals surface area contributed by atoms with Crippen LogP contribution in [0.25, 0.3) is 0 Å². The van der Waals surface area contributed by atoms with Crippen LogP contribution in [0.5, 0.6) is 0 Å². The summed E-state index contributed by atoms with van der Waals surface area (Å²) in [6.45, 7) is 1.98. The number of carbonyl (C=O) groups excluding carboxylic acids is 2. The van der Waals surface area contributed by atoms with E-state index in [0.717, 1.165) is 4.47 Å². The molecule has 25 heavy (non-hydrogen) atoms. The van der Waals surface area contributed by atoms with E-state index in [1.165, 1.54) is 18.0 Å². The Labute approximate surface area is 158 Å². The molecule has 8 heteroatoms. The molecule has 1 aromatic carbocycles. The second-order valence-electron chi connectivity index (χ2n) is 5.05. The summed E-state index contributed by atoms with van der Waals surface area (Å²) in [5.74, 6) is 0.352. The largest absolute Gasteiger partial charge is 0.462 e. The van der Waals surface area contributed by atoms with Crippen LogP contribution in [0.1, 0.15) is 40.5 Å². The van der Waals surface area contributed by atoms with Crippen LogP contribution in [-0.2, 0) is 4.74 Å². The third kappa shape index (κ3) is 5.82. The molecule has 1 aromatic heterocycles. The van der Waals surface area contributed by atoms with Gasteiger partial charge in [0.1, 0.15) is 11.4 Å². The fraction of sp³-hybridized carbons (Fsp3) is 0.294. The van der Waals surface area contributed by atoms with Gasteiger partial charge in [-0.3, -0.25) is 4.79 Å². The molecule has 2 rings (SSSR count).